The van der Waals surface area contributed by atoms with E-state index >= 15 is 0 Å². The highest BCUT2D eigenvalue weighted by atomic mass is 16.3. The van der Waals surface area contributed by atoms with E-state index in [-0.39, 0.29) is 12.6 Å². The molecule has 1 aliphatic rings. The zero-order chi connectivity index (χ0) is 12.1. The lowest BCUT2D eigenvalue weighted by molar-refractivity contribution is 0.0914. The molecular formula is C15H23NO. The summed E-state index contributed by atoms with van der Waals surface area (Å²) in [6.07, 6.45) is 5.16. The zero-order valence-electron chi connectivity index (χ0n) is 10.7. The maximum atomic E-state index is 9.70. The number of nitrogens with zero attached hydrogens (tertiary/aromatic N) is 1. The predicted octanol–water partition coefficient (Wildman–Crippen LogP) is 2.98. The fraction of sp³-hybridized carbons (Fsp3) is 0.600. The van der Waals surface area contributed by atoms with Crippen molar-refractivity contribution < 1.29 is 5.11 Å². The Morgan fingerprint density at radius 2 is 2.00 bits per heavy atom. The van der Waals surface area contributed by atoms with Crippen LogP contribution in [0.3, 0.4) is 0 Å². The second kappa shape index (κ2) is 6.18. The van der Waals surface area contributed by atoms with Gasteiger partial charge >= 0.3 is 0 Å². The number of hydrogen-bond acceptors (Lipinski definition) is 2. The molecule has 0 saturated carbocycles. The Labute approximate surface area is 104 Å². The summed E-state index contributed by atoms with van der Waals surface area (Å²) >= 11 is 0. The first-order valence-electron chi connectivity index (χ1n) is 6.74. The van der Waals surface area contributed by atoms with Crippen LogP contribution < -0.4 is 0 Å². The highest BCUT2D eigenvalue weighted by Gasteiger charge is 2.25. The van der Waals surface area contributed by atoms with Gasteiger partial charge in [-0.3, -0.25) is 4.90 Å². The first kappa shape index (κ1) is 12.6. The normalized spacial score (nSPS) is 24.2. The van der Waals surface area contributed by atoms with Gasteiger partial charge in [-0.15, -0.1) is 0 Å². The van der Waals surface area contributed by atoms with E-state index in [0.717, 1.165) is 6.54 Å². The van der Waals surface area contributed by atoms with Gasteiger partial charge in [-0.1, -0.05) is 43.2 Å². The summed E-state index contributed by atoms with van der Waals surface area (Å²) in [4.78, 5) is 2.47. The number of aliphatic hydroxyl groups excluding tert-OH is 1. The average Bonchev–Trinajstić information content (AvgIpc) is 2.58. The van der Waals surface area contributed by atoms with Gasteiger partial charge < -0.3 is 5.11 Å². The Morgan fingerprint density at radius 1 is 1.24 bits per heavy atom. The van der Waals surface area contributed by atoms with Crippen LogP contribution in [0.2, 0.25) is 0 Å². The van der Waals surface area contributed by atoms with E-state index in [0.29, 0.717) is 6.04 Å². The highest BCUT2D eigenvalue weighted by molar-refractivity contribution is 5.19. The predicted molar refractivity (Wildman–Crippen MR) is 70.9 cm³/mol. The molecular weight excluding hydrogens is 210 g/mol. The van der Waals surface area contributed by atoms with Crippen molar-refractivity contribution in [3.63, 3.8) is 0 Å². The van der Waals surface area contributed by atoms with E-state index in [1.54, 1.807) is 0 Å². The third-order valence-corrected chi connectivity index (χ3v) is 3.86. The summed E-state index contributed by atoms with van der Waals surface area (Å²) in [5, 5.41) is 9.70. The van der Waals surface area contributed by atoms with Crippen molar-refractivity contribution in [2.24, 2.45) is 0 Å². The molecule has 2 atom stereocenters. The molecule has 17 heavy (non-hydrogen) atoms. The smallest absolute Gasteiger partial charge is 0.0628 e. The summed E-state index contributed by atoms with van der Waals surface area (Å²) < 4.78 is 0. The topological polar surface area (TPSA) is 23.5 Å². The van der Waals surface area contributed by atoms with E-state index in [4.69, 9.17) is 0 Å². The largest absolute Gasteiger partial charge is 0.394 e. The summed E-state index contributed by atoms with van der Waals surface area (Å²) in [5.41, 5.74) is 1.24. The van der Waals surface area contributed by atoms with Crippen molar-refractivity contribution in [1.29, 1.82) is 0 Å². The molecule has 1 aliphatic heterocycles. The highest BCUT2D eigenvalue weighted by Crippen LogP contribution is 2.27. The Balaban J connectivity index is 2.16. The second-order valence-electron chi connectivity index (χ2n) is 5.05. The Morgan fingerprint density at radius 3 is 2.71 bits per heavy atom. The molecule has 2 rings (SSSR count). The molecule has 0 aromatic heterocycles. The number of hydrogen-bond donors (Lipinski definition) is 1. The molecule has 1 fully saturated rings. The first-order valence-corrected chi connectivity index (χ1v) is 6.74. The lowest BCUT2D eigenvalue weighted by Crippen LogP contribution is -2.38. The van der Waals surface area contributed by atoms with Crippen LogP contribution in [-0.4, -0.2) is 29.2 Å². The van der Waals surface area contributed by atoms with E-state index in [2.05, 4.69) is 36.1 Å². The molecule has 0 amide bonds. The van der Waals surface area contributed by atoms with Crippen LogP contribution in [0.5, 0.6) is 0 Å². The van der Waals surface area contributed by atoms with Gasteiger partial charge in [0.1, 0.15) is 0 Å². The van der Waals surface area contributed by atoms with Crippen LogP contribution >= 0.6 is 0 Å². The molecule has 0 aliphatic carbocycles. The van der Waals surface area contributed by atoms with E-state index in [9.17, 15) is 5.11 Å². The maximum Gasteiger partial charge on any atom is 0.0628 e. The molecule has 0 bridgehead atoms. The van der Waals surface area contributed by atoms with E-state index < -0.39 is 0 Å². The molecule has 0 unspecified atom stereocenters. The molecule has 1 N–H and O–H groups in total. The molecule has 0 spiro atoms. The van der Waals surface area contributed by atoms with Crippen LogP contribution in [-0.2, 0) is 0 Å². The lowest BCUT2D eigenvalue weighted by atomic mass is 10.0. The lowest BCUT2D eigenvalue weighted by Gasteiger charge is -2.34. The van der Waals surface area contributed by atoms with Crippen molar-refractivity contribution >= 4 is 0 Å². The third-order valence-electron chi connectivity index (χ3n) is 3.86. The van der Waals surface area contributed by atoms with Crippen molar-refractivity contribution in [2.75, 3.05) is 13.2 Å². The quantitative estimate of drug-likeness (QED) is 0.867. The van der Waals surface area contributed by atoms with Crippen LogP contribution in [0.4, 0.5) is 0 Å². The van der Waals surface area contributed by atoms with Crippen LogP contribution in [0.1, 0.15) is 44.2 Å². The van der Waals surface area contributed by atoms with Crippen LogP contribution in [0.25, 0.3) is 0 Å². The maximum absolute atomic E-state index is 9.70. The molecule has 2 heteroatoms. The Kier molecular flexibility index (Phi) is 4.57. The molecule has 1 aromatic carbocycles. The second-order valence-corrected chi connectivity index (χ2v) is 5.05. The number of likely N-dealkylation sites (tertiary alicyclic amines) is 1. The van der Waals surface area contributed by atoms with Crippen molar-refractivity contribution in [2.45, 2.75) is 44.7 Å². The summed E-state index contributed by atoms with van der Waals surface area (Å²) in [5.74, 6) is 0. The van der Waals surface area contributed by atoms with Gasteiger partial charge in [0.15, 0.2) is 0 Å². The van der Waals surface area contributed by atoms with Crippen molar-refractivity contribution in [1.82, 2.24) is 4.90 Å². The van der Waals surface area contributed by atoms with Gasteiger partial charge in [-0.05, 0) is 31.9 Å². The molecule has 1 saturated heterocycles. The van der Waals surface area contributed by atoms with Gasteiger partial charge in [-0.2, -0.15) is 0 Å². The summed E-state index contributed by atoms with van der Waals surface area (Å²) in [6, 6.07) is 11.1. The minimum absolute atomic E-state index is 0.171. The Hall–Kier alpha value is -0.860. The van der Waals surface area contributed by atoms with Crippen molar-refractivity contribution in [3.05, 3.63) is 35.9 Å². The summed E-state index contributed by atoms with van der Waals surface area (Å²) in [6.45, 7) is 3.62. The molecule has 0 radical (unpaired) electrons. The molecule has 1 heterocycles. The zero-order valence-corrected chi connectivity index (χ0v) is 10.7. The van der Waals surface area contributed by atoms with Crippen LogP contribution in [0, 0.1) is 0 Å². The molecule has 94 valence electrons. The van der Waals surface area contributed by atoms with Gasteiger partial charge in [0.2, 0.25) is 0 Å². The number of benzene rings is 1. The van der Waals surface area contributed by atoms with Gasteiger partial charge in [0, 0.05) is 6.04 Å². The monoisotopic (exact) mass is 233 g/mol. The minimum Gasteiger partial charge on any atom is -0.394 e. The first-order chi connectivity index (χ1) is 8.33. The SMILES string of the molecule is C[C@H]1CCCCCN1[C@@H](CO)c1ccccc1. The Bertz CT molecular complexity index is 325. The fourth-order valence-corrected chi connectivity index (χ4v) is 2.84. The third kappa shape index (κ3) is 3.08. The standard InChI is InChI=1S/C15H23NO/c1-13-8-4-3-7-11-16(13)15(12-17)14-9-5-2-6-10-14/h2,5-6,9-10,13,15,17H,3-4,7-8,11-12H2,1H3/t13-,15-/m0/s1. The average molecular weight is 233 g/mol. The van der Waals surface area contributed by atoms with Gasteiger partial charge in [-0.25, -0.2) is 0 Å². The van der Waals surface area contributed by atoms with Crippen molar-refractivity contribution in [3.8, 4) is 0 Å². The van der Waals surface area contributed by atoms with Crippen LogP contribution in [0.15, 0.2) is 30.3 Å². The summed E-state index contributed by atoms with van der Waals surface area (Å²) in [7, 11) is 0. The van der Waals surface area contributed by atoms with E-state index in [1.165, 1.54) is 31.2 Å². The molecule has 2 nitrogen and oxygen atoms in total. The number of rotatable bonds is 3. The minimum atomic E-state index is 0.171. The number of aliphatic hydroxyl groups is 1. The van der Waals surface area contributed by atoms with E-state index in [1.807, 2.05) is 6.07 Å². The van der Waals surface area contributed by atoms with Gasteiger partial charge in [0.05, 0.1) is 12.6 Å². The fourth-order valence-electron chi connectivity index (χ4n) is 2.84. The molecule has 1 aromatic rings. The van der Waals surface area contributed by atoms with Gasteiger partial charge in [0.25, 0.3) is 0 Å².